The van der Waals surface area contributed by atoms with Crippen LogP contribution in [0.4, 0.5) is 17.6 Å². The molecular formula is C8H13F4NO. The van der Waals surface area contributed by atoms with Crippen molar-refractivity contribution in [1.29, 1.82) is 0 Å². The Balaban J connectivity index is 3.39. The van der Waals surface area contributed by atoms with Crippen molar-refractivity contribution in [2.45, 2.75) is 12.3 Å². The zero-order valence-electron chi connectivity index (χ0n) is 7.61. The van der Waals surface area contributed by atoms with Crippen LogP contribution in [0.3, 0.4) is 0 Å². The number of rotatable bonds is 8. The summed E-state index contributed by atoms with van der Waals surface area (Å²) in [7, 11) is 0. The molecule has 0 saturated carbocycles. The maximum atomic E-state index is 12.2. The van der Waals surface area contributed by atoms with Crippen molar-refractivity contribution < 1.29 is 22.3 Å². The number of hydrogen-bond acceptors (Lipinski definition) is 2. The van der Waals surface area contributed by atoms with E-state index in [1.165, 1.54) is 0 Å². The second-order valence-electron chi connectivity index (χ2n) is 2.61. The second-order valence-corrected chi connectivity index (χ2v) is 2.61. The van der Waals surface area contributed by atoms with Gasteiger partial charge in [-0.1, -0.05) is 6.08 Å². The van der Waals surface area contributed by atoms with Crippen LogP contribution < -0.4 is 5.32 Å². The van der Waals surface area contributed by atoms with Crippen molar-refractivity contribution in [1.82, 2.24) is 5.32 Å². The van der Waals surface area contributed by atoms with E-state index in [9.17, 15) is 17.6 Å². The third-order valence-electron chi connectivity index (χ3n) is 1.33. The molecule has 0 aliphatic carbocycles. The summed E-state index contributed by atoms with van der Waals surface area (Å²) in [6.07, 6.45) is -2.09. The summed E-state index contributed by atoms with van der Waals surface area (Å²) in [5, 5.41) is 2.78. The van der Waals surface area contributed by atoms with E-state index in [4.69, 9.17) is 0 Å². The lowest BCUT2D eigenvalue weighted by molar-refractivity contribution is -0.165. The highest BCUT2D eigenvalue weighted by Gasteiger charge is 2.40. The highest BCUT2D eigenvalue weighted by Crippen LogP contribution is 2.22. The second kappa shape index (κ2) is 6.78. The zero-order valence-corrected chi connectivity index (χ0v) is 7.61. The van der Waals surface area contributed by atoms with Crippen molar-refractivity contribution in [3.8, 4) is 0 Å². The van der Waals surface area contributed by atoms with Crippen LogP contribution in [0.1, 0.15) is 0 Å². The van der Waals surface area contributed by atoms with Crippen LogP contribution in [0.2, 0.25) is 0 Å². The van der Waals surface area contributed by atoms with Gasteiger partial charge in [-0.3, -0.25) is 0 Å². The summed E-state index contributed by atoms with van der Waals surface area (Å²) in [5.74, 6) is -4.06. The largest absolute Gasteiger partial charge is 0.374 e. The van der Waals surface area contributed by atoms with Gasteiger partial charge in [-0.15, -0.1) is 6.58 Å². The molecule has 0 radical (unpaired) electrons. The maximum absolute atomic E-state index is 12.2. The van der Waals surface area contributed by atoms with Crippen LogP contribution in [-0.4, -0.2) is 38.7 Å². The minimum absolute atomic E-state index is 0.0316. The highest BCUT2D eigenvalue weighted by atomic mass is 19.3. The molecule has 1 N–H and O–H groups in total. The first-order chi connectivity index (χ1) is 6.50. The fourth-order valence-corrected chi connectivity index (χ4v) is 0.620. The quantitative estimate of drug-likeness (QED) is 0.378. The van der Waals surface area contributed by atoms with Crippen molar-refractivity contribution in [2.24, 2.45) is 0 Å². The number of halogens is 4. The molecule has 0 heterocycles. The van der Waals surface area contributed by atoms with Crippen LogP contribution in [0, 0.1) is 0 Å². The molecule has 0 aromatic carbocycles. The third-order valence-corrected chi connectivity index (χ3v) is 1.33. The van der Waals surface area contributed by atoms with Gasteiger partial charge in [-0.2, -0.15) is 8.78 Å². The molecule has 0 aliphatic heterocycles. The number of ether oxygens (including phenoxy) is 1. The Kier molecular flexibility index (Phi) is 6.48. The predicted octanol–water partition coefficient (Wildman–Crippen LogP) is 1.68. The Morgan fingerprint density at radius 2 is 2.07 bits per heavy atom. The molecule has 0 atom stereocenters. The smallest absolute Gasteiger partial charge is 0.330 e. The van der Waals surface area contributed by atoms with E-state index in [-0.39, 0.29) is 6.61 Å². The van der Waals surface area contributed by atoms with Gasteiger partial charge < -0.3 is 10.1 Å². The fraction of sp³-hybridized carbons (Fsp3) is 0.750. The topological polar surface area (TPSA) is 21.3 Å². The molecule has 0 aromatic rings. The highest BCUT2D eigenvalue weighted by molar-refractivity contribution is 4.70. The SMILES string of the molecule is C=CCNCCOCC(F)(F)C(F)F. The summed E-state index contributed by atoms with van der Waals surface area (Å²) in [4.78, 5) is 0. The zero-order chi connectivity index (χ0) is 11.0. The lowest BCUT2D eigenvalue weighted by atomic mass is 10.4. The lowest BCUT2D eigenvalue weighted by Crippen LogP contribution is -2.33. The Hall–Kier alpha value is -0.620. The molecule has 2 nitrogen and oxygen atoms in total. The van der Waals surface area contributed by atoms with Gasteiger partial charge in [0, 0.05) is 13.1 Å². The Bertz CT molecular complexity index is 163. The standard InChI is InChI=1S/C8H13F4NO/c1-2-3-13-4-5-14-6-8(11,12)7(9)10/h2,7,13H,1,3-6H2. The molecule has 0 unspecified atom stereocenters. The molecule has 0 aliphatic rings. The minimum Gasteiger partial charge on any atom is -0.374 e. The first-order valence-corrected chi connectivity index (χ1v) is 4.06. The van der Waals surface area contributed by atoms with E-state index in [0.29, 0.717) is 13.1 Å². The van der Waals surface area contributed by atoms with E-state index in [1.807, 2.05) is 0 Å². The van der Waals surface area contributed by atoms with E-state index < -0.39 is 19.0 Å². The van der Waals surface area contributed by atoms with E-state index in [1.54, 1.807) is 6.08 Å². The molecule has 0 rings (SSSR count). The Labute approximate surface area is 79.9 Å². The van der Waals surface area contributed by atoms with Gasteiger partial charge in [0.05, 0.1) is 6.61 Å². The number of nitrogens with one attached hydrogen (secondary N) is 1. The Morgan fingerprint density at radius 1 is 1.43 bits per heavy atom. The summed E-state index contributed by atoms with van der Waals surface area (Å²) in [6, 6.07) is 0. The predicted molar refractivity (Wildman–Crippen MR) is 44.8 cm³/mol. The molecule has 84 valence electrons. The van der Waals surface area contributed by atoms with Crippen molar-refractivity contribution >= 4 is 0 Å². The summed E-state index contributed by atoms with van der Waals surface area (Å²) in [6.45, 7) is 2.98. The van der Waals surface area contributed by atoms with Crippen molar-refractivity contribution in [2.75, 3.05) is 26.3 Å². The molecule has 0 saturated heterocycles. The number of hydrogen-bond donors (Lipinski definition) is 1. The maximum Gasteiger partial charge on any atom is 0.330 e. The third kappa shape index (κ3) is 5.93. The summed E-state index contributed by atoms with van der Waals surface area (Å²) in [5.41, 5.74) is 0. The van der Waals surface area contributed by atoms with Crippen molar-refractivity contribution in [3.05, 3.63) is 12.7 Å². The average molecular weight is 215 g/mol. The van der Waals surface area contributed by atoms with Gasteiger partial charge in [0.1, 0.15) is 6.61 Å². The van der Waals surface area contributed by atoms with Crippen LogP contribution in [-0.2, 0) is 4.74 Å². The van der Waals surface area contributed by atoms with Crippen LogP contribution in [0.5, 0.6) is 0 Å². The van der Waals surface area contributed by atoms with E-state index in [0.717, 1.165) is 0 Å². The number of alkyl halides is 4. The normalized spacial score (nSPS) is 12.1. The van der Waals surface area contributed by atoms with Gasteiger partial charge in [-0.25, -0.2) is 8.78 Å². The molecule has 0 aromatic heterocycles. The monoisotopic (exact) mass is 215 g/mol. The van der Waals surface area contributed by atoms with Gasteiger partial charge in [-0.05, 0) is 0 Å². The molecule has 14 heavy (non-hydrogen) atoms. The Morgan fingerprint density at radius 3 is 2.57 bits per heavy atom. The molecular weight excluding hydrogens is 202 g/mol. The van der Waals surface area contributed by atoms with Gasteiger partial charge in [0.25, 0.3) is 0 Å². The molecule has 0 bridgehead atoms. The van der Waals surface area contributed by atoms with Crippen LogP contribution >= 0.6 is 0 Å². The molecule has 0 spiro atoms. The van der Waals surface area contributed by atoms with Crippen molar-refractivity contribution in [3.63, 3.8) is 0 Å². The van der Waals surface area contributed by atoms with Crippen LogP contribution in [0.25, 0.3) is 0 Å². The summed E-state index contributed by atoms with van der Waals surface area (Å²) < 4.78 is 52.0. The molecule has 6 heteroatoms. The van der Waals surface area contributed by atoms with Gasteiger partial charge >= 0.3 is 12.3 Å². The minimum atomic E-state index is -4.06. The fourth-order valence-electron chi connectivity index (χ4n) is 0.620. The first kappa shape index (κ1) is 13.4. The first-order valence-electron chi connectivity index (χ1n) is 4.06. The van der Waals surface area contributed by atoms with Gasteiger partial charge in [0.2, 0.25) is 0 Å². The van der Waals surface area contributed by atoms with Gasteiger partial charge in [0.15, 0.2) is 0 Å². The summed E-state index contributed by atoms with van der Waals surface area (Å²) >= 11 is 0. The molecule has 0 amide bonds. The van der Waals surface area contributed by atoms with E-state index >= 15 is 0 Å². The average Bonchev–Trinajstić information content (AvgIpc) is 2.10. The van der Waals surface area contributed by atoms with E-state index in [2.05, 4.69) is 16.6 Å². The lowest BCUT2D eigenvalue weighted by Gasteiger charge is -2.14. The molecule has 0 fully saturated rings. The van der Waals surface area contributed by atoms with Crippen LogP contribution in [0.15, 0.2) is 12.7 Å².